The Balaban J connectivity index is 1.78. The van der Waals surface area contributed by atoms with E-state index in [-0.39, 0.29) is 23.6 Å². The normalized spacial score (nSPS) is 14.2. The molecule has 7 nitrogen and oxygen atoms in total. The van der Waals surface area contributed by atoms with Gasteiger partial charge >= 0.3 is 5.97 Å². The molecule has 0 radical (unpaired) electrons. The topological polar surface area (TPSA) is 90.3 Å². The number of hydrogen-bond donors (Lipinski definition) is 1. The number of ether oxygens (including phenoxy) is 1. The van der Waals surface area contributed by atoms with Gasteiger partial charge in [-0.15, -0.1) is 0 Å². The number of amides is 1. The fourth-order valence-corrected chi connectivity index (χ4v) is 3.31. The van der Waals surface area contributed by atoms with Crippen LogP contribution in [-0.4, -0.2) is 34.6 Å². The summed E-state index contributed by atoms with van der Waals surface area (Å²) in [6, 6.07) is 4.74. The number of esters is 1. The van der Waals surface area contributed by atoms with Crippen molar-refractivity contribution in [2.75, 3.05) is 13.2 Å². The van der Waals surface area contributed by atoms with Crippen molar-refractivity contribution < 1.29 is 14.3 Å². The van der Waals surface area contributed by atoms with Gasteiger partial charge in [-0.3, -0.25) is 14.2 Å². The second-order valence-electron chi connectivity index (χ2n) is 7.66. The van der Waals surface area contributed by atoms with E-state index in [0.717, 1.165) is 37.9 Å². The van der Waals surface area contributed by atoms with Crippen molar-refractivity contribution in [3.8, 4) is 0 Å². The zero-order valence-corrected chi connectivity index (χ0v) is 16.5. The van der Waals surface area contributed by atoms with Crippen molar-refractivity contribution in [3.05, 3.63) is 39.9 Å². The maximum Gasteiger partial charge on any atom is 0.338 e. The third-order valence-corrected chi connectivity index (χ3v) is 4.84. The summed E-state index contributed by atoms with van der Waals surface area (Å²) in [6.45, 7) is 4.86. The SMILES string of the molecule is CC(C)CNC(=O)COC(=O)c1ccc2c(=O)n3c(nc2c1)CCCCCC3. The van der Waals surface area contributed by atoms with Gasteiger partial charge in [-0.25, -0.2) is 9.78 Å². The average molecular weight is 385 g/mol. The Labute approximate surface area is 164 Å². The summed E-state index contributed by atoms with van der Waals surface area (Å²) in [6.07, 6.45) is 5.00. The van der Waals surface area contributed by atoms with Crippen LogP contribution in [0, 0.1) is 5.92 Å². The molecule has 3 rings (SSSR count). The lowest BCUT2D eigenvalue weighted by molar-refractivity contribution is -0.124. The number of carbonyl (C=O) groups excluding carboxylic acids is 2. The number of aryl methyl sites for hydroxylation is 1. The van der Waals surface area contributed by atoms with Crippen LogP contribution < -0.4 is 10.9 Å². The molecule has 2 aromatic rings. The Morgan fingerprint density at radius 1 is 1.21 bits per heavy atom. The van der Waals surface area contributed by atoms with Crippen molar-refractivity contribution in [2.45, 2.75) is 52.5 Å². The summed E-state index contributed by atoms with van der Waals surface area (Å²) in [5.41, 5.74) is 0.720. The fraction of sp³-hybridized carbons (Fsp3) is 0.524. The lowest BCUT2D eigenvalue weighted by atomic mass is 10.1. The van der Waals surface area contributed by atoms with E-state index in [1.165, 1.54) is 0 Å². The Morgan fingerprint density at radius 3 is 2.79 bits per heavy atom. The van der Waals surface area contributed by atoms with Gasteiger partial charge in [0.15, 0.2) is 6.61 Å². The van der Waals surface area contributed by atoms with E-state index in [1.807, 2.05) is 13.8 Å². The zero-order chi connectivity index (χ0) is 20.1. The molecule has 1 aliphatic heterocycles. The quantitative estimate of drug-likeness (QED) is 0.799. The van der Waals surface area contributed by atoms with Gasteiger partial charge in [0.2, 0.25) is 0 Å². The molecule has 0 atom stereocenters. The molecule has 1 aromatic carbocycles. The predicted octanol–water partition coefficient (Wildman–Crippen LogP) is 2.44. The molecule has 1 N–H and O–H groups in total. The molecule has 150 valence electrons. The first kappa shape index (κ1) is 20.0. The first-order valence-electron chi connectivity index (χ1n) is 9.93. The van der Waals surface area contributed by atoms with Crippen LogP contribution in [0.3, 0.4) is 0 Å². The molecule has 28 heavy (non-hydrogen) atoms. The molecule has 0 saturated heterocycles. The minimum atomic E-state index is -0.602. The first-order valence-corrected chi connectivity index (χ1v) is 9.93. The van der Waals surface area contributed by atoms with Gasteiger partial charge in [0.1, 0.15) is 5.82 Å². The van der Waals surface area contributed by atoms with E-state index in [1.54, 1.807) is 22.8 Å². The van der Waals surface area contributed by atoms with Gasteiger partial charge in [0.05, 0.1) is 16.5 Å². The van der Waals surface area contributed by atoms with Crippen molar-refractivity contribution in [3.63, 3.8) is 0 Å². The number of nitrogens with one attached hydrogen (secondary N) is 1. The van der Waals surface area contributed by atoms with E-state index in [9.17, 15) is 14.4 Å². The molecule has 0 aliphatic carbocycles. The number of rotatable bonds is 5. The molecule has 0 unspecified atom stereocenters. The van der Waals surface area contributed by atoms with Crippen molar-refractivity contribution in [2.24, 2.45) is 5.92 Å². The molecule has 7 heteroatoms. The number of hydrogen-bond acceptors (Lipinski definition) is 5. The summed E-state index contributed by atoms with van der Waals surface area (Å²) in [5, 5.41) is 3.19. The molecular weight excluding hydrogens is 358 g/mol. The average Bonchev–Trinajstić information content (AvgIpc) is 2.65. The second kappa shape index (κ2) is 8.99. The largest absolute Gasteiger partial charge is 0.452 e. The highest BCUT2D eigenvalue weighted by atomic mass is 16.5. The summed E-state index contributed by atoms with van der Waals surface area (Å²) in [7, 11) is 0. The van der Waals surface area contributed by atoms with Gasteiger partial charge < -0.3 is 10.1 Å². The molecular formula is C21H27N3O4. The number of carbonyl (C=O) groups is 2. The highest BCUT2D eigenvalue weighted by Crippen LogP contribution is 2.16. The van der Waals surface area contributed by atoms with Crippen LogP contribution in [-0.2, 0) is 22.5 Å². The minimum Gasteiger partial charge on any atom is -0.452 e. The van der Waals surface area contributed by atoms with Crippen molar-refractivity contribution >= 4 is 22.8 Å². The second-order valence-corrected chi connectivity index (χ2v) is 7.66. The molecule has 0 spiro atoms. The Morgan fingerprint density at radius 2 is 2.00 bits per heavy atom. The van der Waals surface area contributed by atoms with Crippen LogP contribution >= 0.6 is 0 Å². The summed E-state index contributed by atoms with van der Waals surface area (Å²) >= 11 is 0. The van der Waals surface area contributed by atoms with Crippen LogP contribution in [0.5, 0.6) is 0 Å². The molecule has 1 aromatic heterocycles. The van der Waals surface area contributed by atoms with Crippen molar-refractivity contribution in [1.29, 1.82) is 0 Å². The fourth-order valence-electron chi connectivity index (χ4n) is 3.31. The number of fused-ring (bicyclic) bond motifs is 2. The highest BCUT2D eigenvalue weighted by molar-refractivity contribution is 5.95. The van der Waals surface area contributed by atoms with E-state index >= 15 is 0 Å². The number of benzene rings is 1. The van der Waals surface area contributed by atoms with Gasteiger partial charge in [-0.05, 0) is 37.0 Å². The monoisotopic (exact) mass is 385 g/mol. The van der Waals surface area contributed by atoms with Crippen LogP contribution in [0.25, 0.3) is 10.9 Å². The van der Waals surface area contributed by atoms with Crippen molar-refractivity contribution in [1.82, 2.24) is 14.9 Å². The van der Waals surface area contributed by atoms with E-state index < -0.39 is 5.97 Å². The smallest absolute Gasteiger partial charge is 0.338 e. The van der Waals surface area contributed by atoms with Crippen LogP contribution in [0.2, 0.25) is 0 Å². The Hall–Kier alpha value is -2.70. The molecule has 0 fully saturated rings. The lowest BCUT2D eigenvalue weighted by Crippen LogP contribution is -2.31. The van der Waals surface area contributed by atoms with E-state index in [4.69, 9.17) is 4.74 Å². The van der Waals surface area contributed by atoms with E-state index in [0.29, 0.717) is 29.9 Å². The Kier molecular flexibility index (Phi) is 6.44. The number of aromatic nitrogens is 2. The summed E-state index contributed by atoms with van der Waals surface area (Å²) in [5.74, 6) is 0.163. The maximum atomic E-state index is 12.8. The first-order chi connectivity index (χ1) is 13.5. The van der Waals surface area contributed by atoms with Gasteiger partial charge in [0.25, 0.3) is 11.5 Å². The van der Waals surface area contributed by atoms with Gasteiger partial charge in [0, 0.05) is 19.5 Å². The summed E-state index contributed by atoms with van der Waals surface area (Å²) < 4.78 is 6.85. The van der Waals surface area contributed by atoms with Crippen LogP contribution in [0.15, 0.2) is 23.0 Å². The molecule has 1 aliphatic rings. The lowest BCUT2D eigenvalue weighted by Gasteiger charge is -2.16. The highest BCUT2D eigenvalue weighted by Gasteiger charge is 2.16. The third kappa shape index (κ3) is 4.77. The third-order valence-electron chi connectivity index (χ3n) is 4.84. The Bertz CT molecular complexity index is 933. The zero-order valence-electron chi connectivity index (χ0n) is 16.5. The molecule has 2 heterocycles. The molecule has 0 bridgehead atoms. The van der Waals surface area contributed by atoms with E-state index in [2.05, 4.69) is 10.3 Å². The van der Waals surface area contributed by atoms with Gasteiger partial charge in [-0.2, -0.15) is 0 Å². The predicted molar refractivity (Wildman–Crippen MR) is 106 cm³/mol. The molecule has 0 saturated carbocycles. The standard InChI is InChI=1S/C21H27N3O4/c1-14(2)12-22-19(25)13-28-21(27)15-8-9-16-17(11-15)23-18-7-5-3-4-6-10-24(18)20(16)26/h8-9,11,14H,3-7,10,12-13H2,1-2H3,(H,22,25). The summed E-state index contributed by atoms with van der Waals surface area (Å²) in [4.78, 5) is 41.5. The number of nitrogens with zero attached hydrogens (tertiary/aromatic N) is 2. The minimum absolute atomic E-state index is 0.0603. The van der Waals surface area contributed by atoms with Crippen LogP contribution in [0.1, 0.15) is 55.7 Å². The van der Waals surface area contributed by atoms with Crippen LogP contribution in [0.4, 0.5) is 0 Å². The van der Waals surface area contributed by atoms with Gasteiger partial charge in [-0.1, -0.05) is 26.7 Å². The maximum absolute atomic E-state index is 12.8. The molecule has 1 amide bonds.